The van der Waals surface area contributed by atoms with E-state index >= 15 is 0 Å². The zero-order chi connectivity index (χ0) is 9.47. The summed E-state index contributed by atoms with van der Waals surface area (Å²) in [6.45, 7) is 0. The summed E-state index contributed by atoms with van der Waals surface area (Å²) in [4.78, 5) is 0. The second-order valence-corrected chi connectivity index (χ2v) is 4.19. The van der Waals surface area contributed by atoms with Crippen LogP contribution in [-0.4, -0.2) is 5.11 Å². The molecule has 0 aliphatic heterocycles. The number of nitrogens with zero attached hydrogens (tertiary/aromatic N) is 1. The van der Waals surface area contributed by atoms with Gasteiger partial charge < -0.3 is 5.11 Å². The summed E-state index contributed by atoms with van der Waals surface area (Å²) < 4.78 is 0.881. The van der Waals surface area contributed by atoms with E-state index in [9.17, 15) is 5.11 Å². The van der Waals surface area contributed by atoms with E-state index in [1.54, 1.807) is 12.1 Å². The first-order chi connectivity index (χ1) is 6.15. The monoisotopic (exact) mass is 237 g/mol. The number of hydrogen-bond acceptors (Lipinski definition) is 2. The molecule has 0 unspecified atom stereocenters. The van der Waals surface area contributed by atoms with Crippen molar-refractivity contribution in [1.29, 1.82) is 5.26 Å². The Morgan fingerprint density at radius 2 is 2.15 bits per heavy atom. The minimum Gasteiger partial charge on any atom is -0.385 e. The summed E-state index contributed by atoms with van der Waals surface area (Å²) >= 11 is 3.37. The standard InChI is InChI=1S/C10H8BrNO/c11-9-2-1-7(6-12)5-8(9)10(13)3-4-10/h1-2,5,13H,3-4H2. The summed E-state index contributed by atoms with van der Waals surface area (Å²) in [6.07, 6.45) is 1.58. The summed E-state index contributed by atoms with van der Waals surface area (Å²) in [5.41, 5.74) is 0.760. The van der Waals surface area contributed by atoms with Gasteiger partial charge >= 0.3 is 0 Å². The molecule has 0 aromatic heterocycles. The van der Waals surface area contributed by atoms with Gasteiger partial charge in [0.05, 0.1) is 17.2 Å². The van der Waals surface area contributed by atoms with Crippen LogP contribution in [0, 0.1) is 11.3 Å². The van der Waals surface area contributed by atoms with Crippen molar-refractivity contribution in [2.75, 3.05) is 0 Å². The van der Waals surface area contributed by atoms with Crippen molar-refractivity contribution in [2.24, 2.45) is 0 Å². The molecule has 1 aromatic rings. The Kier molecular flexibility index (Phi) is 1.90. The summed E-state index contributed by atoms with van der Waals surface area (Å²) in [7, 11) is 0. The largest absolute Gasteiger partial charge is 0.385 e. The lowest BCUT2D eigenvalue weighted by molar-refractivity contribution is 0.150. The SMILES string of the molecule is N#Cc1ccc(Br)c(C2(O)CC2)c1. The molecule has 1 N–H and O–H groups in total. The van der Waals surface area contributed by atoms with Crippen LogP contribution in [0.4, 0.5) is 0 Å². The van der Waals surface area contributed by atoms with Crippen molar-refractivity contribution in [1.82, 2.24) is 0 Å². The van der Waals surface area contributed by atoms with Crippen LogP contribution in [0.15, 0.2) is 22.7 Å². The minimum absolute atomic E-state index is 0.596. The van der Waals surface area contributed by atoms with Crippen LogP contribution in [0.1, 0.15) is 24.0 Å². The van der Waals surface area contributed by atoms with Gasteiger partial charge in [-0.3, -0.25) is 0 Å². The molecule has 2 nitrogen and oxygen atoms in total. The molecule has 13 heavy (non-hydrogen) atoms. The Morgan fingerprint density at radius 3 is 2.69 bits per heavy atom. The van der Waals surface area contributed by atoms with Crippen LogP contribution < -0.4 is 0 Å². The Labute approximate surface area is 84.9 Å². The van der Waals surface area contributed by atoms with Crippen LogP contribution in [0.3, 0.4) is 0 Å². The van der Waals surface area contributed by atoms with E-state index in [4.69, 9.17) is 5.26 Å². The van der Waals surface area contributed by atoms with Crippen LogP contribution >= 0.6 is 15.9 Å². The maximum Gasteiger partial charge on any atom is 0.0991 e. The van der Waals surface area contributed by atoms with Crippen molar-refractivity contribution < 1.29 is 5.11 Å². The van der Waals surface area contributed by atoms with Gasteiger partial charge in [-0.2, -0.15) is 5.26 Å². The molecule has 1 aromatic carbocycles. The fraction of sp³-hybridized carbons (Fsp3) is 0.300. The predicted molar refractivity (Wildman–Crippen MR) is 52.0 cm³/mol. The van der Waals surface area contributed by atoms with Gasteiger partial charge in [0, 0.05) is 4.47 Å². The molecule has 0 spiro atoms. The fourth-order valence-corrected chi connectivity index (χ4v) is 1.95. The quantitative estimate of drug-likeness (QED) is 0.815. The topological polar surface area (TPSA) is 44.0 Å². The van der Waals surface area contributed by atoms with Gasteiger partial charge in [-0.25, -0.2) is 0 Å². The van der Waals surface area contributed by atoms with E-state index in [1.165, 1.54) is 0 Å². The molecular weight excluding hydrogens is 230 g/mol. The van der Waals surface area contributed by atoms with Gasteiger partial charge in [0.1, 0.15) is 0 Å². The van der Waals surface area contributed by atoms with Crippen molar-refractivity contribution in [3.63, 3.8) is 0 Å². The Morgan fingerprint density at radius 1 is 1.46 bits per heavy atom. The zero-order valence-corrected chi connectivity index (χ0v) is 8.50. The lowest BCUT2D eigenvalue weighted by atomic mass is 10.1. The van der Waals surface area contributed by atoms with Gasteiger partial charge in [-0.15, -0.1) is 0 Å². The van der Waals surface area contributed by atoms with Crippen LogP contribution in [0.5, 0.6) is 0 Å². The van der Waals surface area contributed by atoms with E-state index in [1.807, 2.05) is 6.07 Å². The molecule has 0 saturated heterocycles. The average molecular weight is 238 g/mol. The highest BCUT2D eigenvalue weighted by Crippen LogP contribution is 2.47. The highest BCUT2D eigenvalue weighted by atomic mass is 79.9. The van der Waals surface area contributed by atoms with Crippen LogP contribution in [-0.2, 0) is 5.60 Å². The number of rotatable bonds is 1. The van der Waals surface area contributed by atoms with Gasteiger partial charge in [0.25, 0.3) is 0 Å². The highest BCUT2D eigenvalue weighted by Gasteiger charge is 2.43. The molecular formula is C10H8BrNO. The molecule has 3 heteroatoms. The second kappa shape index (κ2) is 2.83. The molecule has 66 valence electrons. The van der Waals surface area contributed by atoms with Crippen molar-refractivity contribution >= 4 is 15.9 Å². The van der Waals surface area contributed by atoms with E-state index < -0.39 is 5.60 Å². The van der Waals surface area contributed by atoms with E-state index in [0.29, 0.717) is 5.56 Å². The number of benzene rings is 1. The average Bonchev–Trinajstić information content (AvgIpc) is 2.86. The highest BCUT2D eigenvalue weighted by molar-refractivity contribution is 9.10. The van der Waals surface area contributed by atoms with Crippen molar-refractivity contribution in [3.05, 3.63) is 33.8 Å². The minimum atomic E-state index is -0.675. The second-order valence-electron chi connectivity index (χ2n) is 3.34. The Bertz CT molecular complexity index is 390. The first-order valence-corrected chi connectivity index (χ1v) is 4.87. The molecule has 0 radical (unpaired) electrons. The van der Waals surface area contributed by atoms with Gasteiger partial charge in [-0.1, -0.05) is 15.9 Å². The molecule has 1 aliphatic carbocycles. The smallest absolute Gasteiger partial charge is 0.0991 e. The lowest BCUT2D eigenvalue weighted by Crippen LogP contribution is -2.05. The molecule has 1 saturated carbocycles. The summed E-state index contributed by atoms with van der Waals surface area (Å²) in [6, 6.07) is 7.35. The Balaban J connectivity index is 2.50. The molecule has 0 atom stereocenters. The lowest BCUT2D eigenvalue weighted by Gasteiger charge is -2.10. The first-order valence-electron chi connectivity index (χ1n) is 4.08. The third kappa shape index (κ3) is 1.48. The number of hydrogen-bond donors (Lipinski definition) is 1. The summed E-state index contributed by atoms with van der Waals surface area (Å²) in [5.74, 6) is 0. The molecule has 1 aliphatic rings. The molecule has 0 bridgehead atoms. The maximum atomic E-state index is 9.86. The van der Waals surface area contributed by atoms with Crippen molar-refractivity contribution in [2.45, 2.75) is 18.4 Å². The predicted octanol–water partition coefficient (Wildman–Crippen LogP) is 2.30. The zero-order valence-electron chi connectivity index (χ0n) is 6.92. The first kappa shape index (κ1) is 8.74. The number of nitriles is 1. The van der Waals surface area contributed by atoms with Crippen molar-refractivity contribution in [3.8, 4) is 6.07 Å². The van der Waals surface area contributed by atoms with E-state index in [0.717, 1.165) is 22.9 Å². The third-order valence-electron chi connectivity index (χ3n) is 2.32. The molecule has 1 fully saturated rings. The molecule has 0 heterocycles. The normalized spacial score (nSPS) is 17.9. The van der Waals surface area contributed by atoms with E-state index in [2.05, 4.69) is 22.0 Å². The fourth-order valence-electron chi connectivity index (χ4n) is 1.34. The molecule has 2 rings (SSSR count). The molecule has 0 amide bonds. The maximum absolute atomic E-state index is 9.86. The summed E-state index contributed by atoms with van der Waals surface area (Å²) in [5, 5.41) is 18.6. The van der Waals surface area contributed by atoms with E-state index in [-0.39, 0.29) is 0 Å². The van der Waals surface area contributed by atoms with Gasteiger partial charge in [0.15, 0.2) is 0 Å². The van der Waals surface area contributed by atoms with Crippen LogP contribution in [0.25, 0.3) is 0 Å². The number of halogens is 1. The Hall–Kier alpha value is -0.850. The third-order valence-corrected chi connectivity index (χ3v) is 3.01. The van der Waals surface area contributed by atoms with Crippen LogP contribution in [0.2, 0.25) is 0 Å². The van der Waals surface area contributed by atoms with Gasteiger partial charge in [0.2, 0.25) is 0 Å². The van der Waals surface area contributed by atoms with Gasteiger partial charge in [-0.05, 0) is 36.6 Å². The number of aliphatic hydroxyl groups is 1.